The number of amides is 5. The molecule has 5 N–H and O–H groups in total. The van der Waals surface area contributed by atoms with Crippen LogP contribution in [0, 0.1) is 27.9 Å². The van der Waals surface area contributed by atoms with E-state index in [1.165, 1.54) is 30.3 Å². The largest absolute Gasteiger partial charge is 0.491 e. The van der Waals surface area contributed by atoms with E-state index in [-0.39, 0.29) is 36.7 Å². The second kappa shape index (κ2) is 21.8. The van der Waals surface area contributed by atoms with Crippen LogP contribution in [0.5, 0.6) is 5.75 Å². The molecule has 6 aromatic carbocycles. The molecule has 19 heteroatoms. The number of imide groups is 1. The molecule has 76 heavy (non-hydrogen) atoms. The number of nitrogens with one attached hydrogen (secondary N) is 2. The maximum absolute atomic E-state index is 16.7. The van der Waals surface area contributed by atoms with Crippen molar-refractivity contribution in [2.75, 3.05) is 61.2 Å². The molecule has 4 heterocycles. The standard InChI is InChI=1S/C57H51N7O12/c58-55(69)59-26-8-9-36-18-25-46-45(33-36)57(54(68)62(46)56(70)75-35-37-16-21-43(22-17-37)64(71)72)47(52(66)60-41-19-23-42(24-20-41)61-27-30-73-31-28-61)49-53(67)76-50(39-12-5-2-6-13-39)48(38-10-3-1-4-11-38)63(49)51(57)40-14-7-15-44(34-40)74-32-29-65/h1-7,10-25,33-34,47-51,65H,26-32,35H2,(H,60,66)(H3,58,59,69)/t47-,48-,49-,50+,51+,57-/m0/s1. The van der Waals surface area contributed by atoms with Crippen LogP contribution in [0.2, 0.25) is 0 Å². The Morgan fingerprint density at radius 3 is 2.21 bits per heavy atom. The molecular formula is C57H51N7O12. The van der Waals surface area contributed by atoms with Gasteiger partial charge in [0.25, 0.3) is 5.69 Å². The number of carbonyl (C=O) groups is 5. The molecule has 1 spiro atoms. The number of cyclic esters (lactones) is 1. The third kappa shape index (κ3) is 9.63. The first-order valence-electron chi connectivity index (χ1n) is 24.5. The zero-order chi connectivity index (χ0) is 52.9. The quantitative estimate of drug-likeness (QED) is 0.0420. The summed E-state index contributed by atoms with van der Waals surface area (Å²) in [6.07, 6.45) is -2.15. The molecule has 0 bridgehead atoms. The Morgan fingerprint density at radius 1 is 0.829 bits per heavy atom. The number of nitro benzene ring substituents is 1. The number of aliphatic hydroxyl groups excluding tert-OH is 1. The number of non-ortho nitro benzene ring substituents is 1. The van der Waals surface area contributed by atoms with E-state index < -0.39 is 77.0 Å². The number of urea groups is 1. The highest BCUT2D eigenvalue weighted by Gasteiger charge is 2.76. The highest BCUT2D eigenvalue weighted by Crippen LogP contribution is 2.66. The fourth-order valence-electron chi connectivity index (χ4n) is 10.9. The summed E-state index contributed by atoms with van der Waals surface area (Å²) in [6.45, 7) is 1.49. The number of rotatable bonds is 13. The van der Waals surface area contributed by atoms with E-state index >= 15 is 14.4 Å². The number of nitro groups is 1. The SMILES string of the molecule is NC(=O)NCC#Cc1ccc2c(c1)[C@]1(C(=O)N2C(=O)OCc2ccc([N+](=O)[O-])cc2)[C@H](C(=O)Nc2ccc(N3CCOCC3)cc2)[C@H]2C(=O)O[C@H](c3ccccc3)[C@H](c3ccccc3)N2[C@@H]1c1cccc(OCCO)c1. The van der Waals surface area contributed by atoms with Gasteiger partial charge in [-0.1, -0.05) is 84.6 Å². The number of fused-ring (bicyclic) bond motifs is 3. The van der Waals surface area contributed by atoms with Gasteiger partial charge in [-0.15, -0.1) is 0 Å². The number of primary amides is 1. The van der Waals surface area contributed by atoms with Crippen LogP contribution in [0.4, 0.5) is 32.3 Å². The highest BCUT2D eigenvalue weighted by molar-refractivity contribution is 6.24. The topological polar surface area (TPSA) is 245 Å². The van der Waals surface area contributed by atoms with E-state index in [0.717, 1.165) is 10.6 Å². The first-order valence-corrected chi connectivity index (χ1v) is 24.5. The number of nitrogens with two attached hydrogens (primary N) is 1. The molecule has 4 aliphatic heterocycles. The molecule has 4 aliphatic rings. The number of morpholine rings is 2. The number of esters is 1. The number of ether oxygens (including phenoxy) is 4. The van der Waals surface area contributed by atoms with Crippen molar-refractivity contribution < 1.29 is 52.9 Å². The van der Waals surface area contributed by atoms with Gasteiger partial charge in [-0.25, -0.2) is 14.5 Å². The lowest BCUT2D eigenvalue weighted by molar-refractivity contribution is -0.384. The molecule has 0 aromatic heterocycles. The molecule has 6 aromatic rings. The Bertz CT molecular complexity index is 3240. The van der Waals surface area contributed by atoms with Crippen LogP contribution >= 0.6 is 0 Å². The average Bonchev–Trinajstić information content (AvgIpc) is 4.09. The Hall–Kier alpha value is -9.09. The zero-order valence-electron chi connectivity index (χ0n) is 40.8. The number of anilines is 3. The number of hydrogen-bond donors (Lipinski definition) is 4. The van der Waals surface area contributed by atoms with Gasteiger partial charge in [0.2, 0.25) is 11.8 Å². The van der Waals surface area contributed by atoms with E-state index in [1.54, 1.807) is 48.5 Å². The summed E-state index contributed by atoms with van der Waals surface area (Å²) < 4.78 is 24.0. The third-order valence-electron chi connectivity index (χ3n) is 14.1. The maximum atomic E-state index is 16.7. The fourth-order valence-corrected chi connectivity index (χ4v) is 10.9. The molecule has 19 nitrogen and oxygen atoms in total. The lowest BCUT2D eigenvalue weighted by Crippen LogP contribution is -2.54. The Balaban J connectivity index is 1.21. The highest BCUT2D eigenvalue weighted by atomic mass is 16.6. The molecule has 6 atom stereocenters. The van der Waals surface area contributed by atoms with Crippen LogP contribution < -0.4 is 30.9 Å². The van der Waals surface area contributed by atoms with Gasteiger partial charge in [0.05, 0.1) is 55.0 Å². The number of hydrogen-bond acceptors (Lipinski definition) is 14. The minimum Gasteiger partial charge on any atom is -0.491 e. The molecule has 0 radical (unpaired) electrons. The molecule has 10 rings (SSSR count). The van der Waals surface area contributed by atoms with Gasteiger partial charge in [-0.3, -0.25) is 29.4 Å². The first-order chi connectivity index (χ1) is 37.0. The summed E-state index contributed by atoms with van der Waals surface area (Å²) in [5, 5.41) is 26.8. The van der Waals surface area contributed by atoms with Crippen LogP contribution in [0.3, 0.4) is 0 Å². The van der Waals surface area contributed by atoms with Crippen molar-refractivity contribution >= 4 is 52.7 Å². The van der Waals surface area contributed by atoms with Gasteiger partial charge in [-0.05, 0) is 94.5 Å². The van der Waals surface area contributed by atoms with Gasteiger partial charge in [0.1, 0.15) is 36.5 Å². The Morgan fingerprint density at radius 2 is 1.53 bits per heavy atom. The fraction of sp³-hybridized carbons (Fsp3) is 0.246. The van der Waals surface area contributed by atoms with Crippen molar-refractivity contribution in [2.45, 2.75) is 36.3 Å². The average molecular weight is 1030 g/mol. The van der Waals surface area contributed by atoms with Crippen LogP contribution in [0.15, 0.2) is 152 Å². The van der Waals surface area contributed by atoms with Gasteiger partial charge in [0, 0.05) is 42.2 Å². The van der Waals surface area contributed by atoms with Crippen LogP contribution in [0.1, 0.15) is 51.6 Å². The monoisotopic (exact) mass is 1030 g/mol. The van der Waals surface area contributed by atoms with Crippen molar-refractivity contribution in [1.82, 2.24) is 10.2 Å². The first kappa shape index (κ1) is 50.4. The molecule has 5 amide bonds. The number of carbonyl (C=O) groups excluding carboxylic acids is 5. The Labute approximate surface area is 436 Å². The van der Waals surface area contributed by atoms with Crippen molar-refractivity contribution in [2.24, 2.45) is 11.7 Å². The van der Waals surface area contributed by atoms with Crippen molar-refractivity contribution in [3.8, 4) is 17.6 Å². The molecule has 0 saturated carbocycles. The normalized spacial score (nSPS) is 21.6. The van der Waals surface area contributed by atoms with Gasteiger partial charge >= 0.3 is 18.1 Å². The molecular weight excluding hydrogens is 975 g/mol. The van der Waals surface area contributed by atoms with Crippen LogP contribution in [0.25, 0.3) is 0 Å². The second-order valence-corrected chi connectivity index (χ2v) is 18.4. The lowest BCUT2D eigenvalue weighted by Gasteiger charge is -2.46. The van der Waals surface area contributed by atoms with Gasteiger partial charge in [0.15, 0.2) is 0 Å². The lowest BCUT2D eigenvalue weighted by atomic mass is 9.65. The molecule has 3 saturated heterocycles. The third-order valence-corrected chi connectivity index (χ3v) is 14.1. The summed E-state index contributed by atoms with van der Waals surface area (Å²) in [7, 11) is 0. The van der Waals surface area contributed by atoms with E-state index in [1.807, 2.05) is 77.7 Å². The molecule has 3 fully saturated rings. The summed E-state index contributed by atoms with van der Waals surface area (Å²) in [5.41, 5.74) is 6.73. The van der Waals surface area contributed by atoms with Crippen LogP contribution in [-0.4, -0.2) is 96.9 Å². The number of nitrogens with zero attached hydrogens (tertiary/aromatic N) is 4. The predicted molar refractivity (Wildman–Crippen MR) is 277 cm³/mol. The van der Waals surface area contributed by atoms with E-state index in [0.29, 0.717) is 65.6 Å². The summed E-state index contributed by atoms with van der Waals surface area (Å²) in [6, 6.07) is 37.9. The van der Waals surface area contributed by atoms with E-state index in [2.05, 4.69) is 27.4 Å². The summed E-state index contributed by atoms with van der Waals surface area (Å²) in [4.78, 5) is 90.7. The minimum absolute atomic E-state index is 0.0222. The minimum atomic E-state index is -2.22. The predicted octanol–water partition coefficient (Wildman–Crippen LogP) is 6.46. The van der Waals surface area contributed by atoms with Crippen molar-refractivity contribution in [3.63, 3.8) is 0 Å². The van der Waals surface area contributed by atoms with E-state index in [9.17, 15) is 24.8 Å². The molecule has 0 unspecified atom stereocenters. The molecule has 0 aliphatic carbocycles. The smallest absolute Gasteiger partial charge is 0.421 e. The van der Waals surface area contributed by atoms with Crippen molar-refractivity contribution in [3.05, 3.63) is 195 Å². The van der Waals surface area contributed by atoms with Gasteiger partial charge in [-0.2, -0.15) is 0 Å². The second-order valence-electron chi connectivity index (χ2n) is 18.4. The maximum Gasteiger partial charge on any atom is 0.421 e. The number of aliphatic hydroxyl groups is 1. The van der Waals surface area contributed by atoms with Gasteiger partial charge < -0.3 is 45.3 Å². The van der Waals surface area contributed by atoms with Crippen molar-refractivity contribution in [1.29, 1.82) is 0 Å². The van der Waals surface area contributed by atoms with Crippen LogP contribution in [-0.2, 0) is 40.6 Å². The molecule has 386 valence electrons. The number of benzene rings is 6. The Kier molecular flexibility index (Phi) is 14.5. The summed E-state index contributed by atoms with van der Waals surface area (Å²) >= 11 is 0. The van der Waals surface area contributed by atoms with E-state index in [4.69, 9.17) is 24.7 Å². The summed E-state index contributed by atoms with van der Waals surface area (Å²) in [5.74, 6) is 2.00. The zero-order valence-corrected chi connectivity index (χ0v) is 40.8.